The molecule has 0 unspecified atom stereocenters. The van der Waals surface area contributed by atoms with Gasteiger partial charge in [0.1, 0.15) is 0 Å². The van der Waals surface area contributed by atoms with E-state index in [-0.39, 0.29) is 5.75 Å². The lowest BCUT2D eigenvalue weighted by Crippen LogP contribution is -2.39. The average molecular weight is 394 g/mol. The van der Waals surface area contributed by atoms with Crippen LogP contribution in [0.4, 0.5) is 0 Å². The van der Waals surface area contributed by atoms with E-state index >= 15 is 0 Å². The molecule has 7 nitrogen and oxygen atoms in total. The number of para-hydroxylation sites is 1. The number of rotatable bonds is 11. The van der Waals surface area contributed by atoms with E-state index in [1.807, 2.05) is 6.92 Å². The number of sulfonamides is 1. The van der Waals surface area contributed by atoms with E-state index in [4.69, 9.17) is 0 Å². The van der Waals surface area contributed by atoms with Crippen LogP contribution in [0.1, 0.15) is 26.7 Å². The Kier molecular flexibility index (Phi) is 8.60. The number of fused-ring (bicyclic) bond motifs is 1. The molecule has 27 heavy (non-hydrogen) atoms. The number of aromatic nitrogens is 1. The fourth-order valence-corrected chi connectivity index (χ4v) is 3.39. The highest BCUT2D eigenvalue weighted by Crippen LogP contribution is 2.15. The molecule has 0 saturated heterocycles. The predicted molar refractivity (Wildman–Crippen MR) is 113 cm³/mol. The van der Waals surface area contributed by atoms with E-state index in [9.17, 15) is 8.42 Å². The van der Waals surface area contributed by atoms with Gasteiger partial charge in [0.05, 0.1) is 5.75 Å². The number of nitrogens with zero attached hydrogens (tertiary/aromatic N) is 2. The van der Waals surface area contributed by atoms with Gasteiger partial charge in [0.2, 0.25) is 10.0 Å². The van der Waals surface area contributed by atoms with Gasteiger partial charge in [-0.2, -0.15) is 0 Å². The van der Waals surface area contributed by atoms with E-state index in [1.165, 1.54) is 10.9 Å². The summed E-state index contributed by atoms with van der Waals surface area (Å²) in [5.41, 5.74) is 1.25. The number of benzene rings is 1. The maximum atomic E-state index is 11.4. The number of aliphatic imine (C=N–C) groups is 1. The smallest absolute Gasteiger partial charge is 0.211 e. The SMILES string of the molecule is CCNC(=NCCCn1ccc2ccccc21)NCCCNS(=O)(=O)CC. The summed E-state index contributed by atoms with van der Waals surface area (Å²) in [6, 6.07) is 10.5. The lowest BCUT2D eigenvalue weighted by Gasteiger charge is -2.11. The van der Waals surface area contributed by atoms with Crippen LogP contribution >= 0.6 is 0 Å². The Balaban J connectivity index is 1.73. The van der Waals surface area contributed by atoms with Crippen LogP contribution in [0, 0.1) is 0 Å². The van der Waals surface area contributed by atoms with Gasteiger partial charge < -0.3 is 15.2 Å². The molecule has 8 heteroatoms. The maximum absolute atomic E-state index is 11.4. The molecule has 1 aromatic carbocycles. The first-order valence-electron chi connectivity index (χ1n) is 9.59. The number of hydrogen-bond acceptors (Lipinski definition) is 3. The van der Waals surface area contributed by atoms with Crippen LogP contribution in [0.3, 0.4) is 0 Å². The van der Waals surface area contributed by atoms with Crippen molar-refractivity contribution >= 4 is 26.9 Å². The Morgan fingerprint density at radius 3 is 2.67 bits per heavy atom. The minimum Gasteiger partial charge on any atom is -0.357 e. The zero-order valence-electron chi connectivity index (χ0n) is 16.2. The van der Waals surface area contributed by atoms with E-state index < -0.39 is 10.0 Å². The van der Waals surface area contributed by atoms with Crippen molar-refractivity contribution < 1.29 is 8.42 Å². The summed E-state index contributed by atoms with van der Waals surface area (Å²) in [6.07, 6.45) is 3.78. The van der Waals surface area contributed by atoms with Crippen molar-refractivity contribution in [3.05, 3.63) is 36.5 Å². The maximum Gasteiger partial charge on any atom is 0.211 e. The molecule has 150 valence electrons. The van der Waals surface area contributed by atoms with Crippen molar-refractivity contribution in [2.75, 3.05) is 31.9 Å². The van der Waals surface area contributed by atoms with Crippen molar-refractivity contribution in [3.63, 3.8) is 0 Å². The van der Waals surface area contributed by atoms with E-state index in [0.717, 1.165) is 32.0 Å². The van der Waals surface area contributed by atoms with Crippen molar-refractivity contribution in [2.45, 2.75) is 33.2 Å². The quantitative estimate of drug-likeness (QED) is 0.309. The fourth-order valence-electron chi connectivity index (χ4n) is 2.73. The first kappa shape index (κ1) is 21.2. The Hall–Kier alpha value is -2.06. The molecule has 0 aliphatic heterocycles. The first-order valence-corrected chi connectivity index (χ1v) is 11.2. The summed E-state index contributed by atoms with van der Waals surface area (Å²) < 4.78 is 27.6. The zero-order chi connectivity index (χ0) is 19.5. The second kappa shape index (κ2) is 10.9. The molecule has 0 aliphatic carbocycles. The van der Waals surface area contributed by atoms with Gasteiger partial charge in [-0.25, -0.2) is 13.1 Å². The lowest BCUT2D eigenvalue weighted by atomic mass is 10.2. The highest BCUT2D eigenvalue weighted by Gasteiger charge is 2.04. The third-order valence-corrected chi connectivity index (χ3v) is 5.60. The third-order valence-electron chi connectivity index (χ3n) is 4.20. The van der Waals surface area contributed by atoms with Crippen LogP contribution in [0.5, 0.6) is 0 Å². The topological polar surface area (TPSA) is 87.5 Å². The summed E-state index contributed by atoms with van der Waals surface area (Å²) >= 11 is 0. The molecule has 0 radical (unpaired) electrons. The van der Waals surface area contributed by atoms with E-state index in [2.05, 4.69) is 61.4 Å². The molecule has 2 aromatic rings. The molecule has 3 N–H and O–H groups in total. The monoisotopic (exact) mass is 393 g/mol. The van der Waals surface area contributed by atoms with Crippen LogP contribution in [-0.2, 0) is 16.6 Å². The van der Waals surface area contributed by atoms with E-state index in [1.54, 1.807) is 6.92 Å². The fraction of sp³-hybridized carbons (Fsp3) is 0.526. The molecule has 0 saturated carbocycles. The molecule has 2 rings (SSSR count). The Morgan fingerprint density at radius 2 is 1.89 bits per heavy atom. The van der Waals surface area contributed by atoms with Crippen LogP contribution in [0.15, 0.2) is 41.5 Å². The van der Waals surface area contributed by atoms with Crippen LogP contribution in [0.2, 0.25) is 0 Å². The van der Waals surface area contributed by atoms with Gasteiger partial charge in [0.25, 0.3) is 0 Å². The van der Waals surface area contributed by atoms with Gasteiger partial charge in [-0.1, -0.05) is 18.2 Å². The molecule has 0 bridgehead atoms. The largest absolute Gasteiger partial charge is 0.357 e. The molecule has 0 spiro atoms. The second-order valence-corrected chi connectivity index (χ2v) is 8.36. The lowest BCUT2D eigenvalue weighted by molar-refractivity contribution is 0.579. The van der Waals surface area contributed by atoms with Gasteiger partial charge in [-0.05, 0) is 44.2 Å². The van der Waals surface area contributed by atoms with Crippen LogP contribution in [-0.4, -0.2) is 50.9 Å². The first-order chi connectivity index (χ1) is 13.1. The summed E-state index contributed by atoms with van der Waals surface area (Å²) in [7, 11) is -3.11. The summed E-state index contributed by atoms with van der Waals surface area (Å²) in [5, 5.41) is 7.72. The van der Waals surface area contributed by atoms with Crippen molar-refractivity contribution in [3.8, 4) is 0 Å². The minimum atomic E-state index is -3.11. The number of nitrogens with one attached hydrogen (secondary N) is 3. The summed E-state index contributed by atoms with van der Waals surface area (Å²) in [6.45, 7) is 7.20. The molecular formula is C19H31N5O2S. The molecule has 0 fully saturated rings. The van der Waals surface area contributed by atoms with Crippen LogP contribution in [0.25, 0.3) is 10.9 Å². The highest BCUT2D eigenvalue weighted by atomic mass is 32.2. The normalized spacial score (nSPS) is 12.4. The second-order valence-electron chi connectivity index (χ2n) is 6.26. The van der Waals surface area contributed by atoms with Crippen LogP contribution < -0.4 is 15.4 Å². The summed E-state index contributed by atoms with van der Waals surface area (Å²) in [5.74, 6) is 0.884. The molecule has 0 atom stereocenters. The third kappa shape index (κ3) is 7.22. The van der Waals surface area contributed by atoms with Gasteiger partial charge >= 0.3 is 0 Å². The van der Waals surface area contributed by atoms with Gasteiger partial charge in [0.15, 0.2) is 5.96 Å². The van der Waals surface area contributed by atoms with Gasteiger partial charge in [-0.3, -0.25) is 4.99 Å². The number of aryl methyl sites for hydroxylation is 1. The molecule has 1 aromatic heterocycles. The standard InChI is InChI=1S/C19H31N5O2S/c1-3-20-19(21-12-7-14-23-27(25,26)4-2)22-13-8-15-24-16-11-17-9-5-6-10-18(17)24/h5-6,9-11,16,23H,3-4,7-8,12-15H2,1-2H3,(H2,20,21,22). The zero-order valence-corrected chi connectivity index (χ0v) is 17.1. The summed E-state index contributed by atoms with van der Waals surface area (Å²) in [4.78, 5) is 4.60. The molecular weight excluding hydrogens is 362 g/mol. The van der Waals surface area contributed by atoms with Crippen molar-refractivity contribution in [1.82, 2.24) is 19.9 Å². The highest BCUT2D eigenvalue weighted by molar-refractivity contribution is 7.89. The Morgan fingerprint density at radius 1 is 1.07 bits per heavy atom. The van der Waals surface area contributed by atoms with Crippen molar-refractivity contribution in [2.24, 2.45) is 4.99 Å². The Labute approximate surface area is 162 Å². The van der Waals surface area contributed by atoms with E-state index in [0.29, 0.717) is 19.5 Å². The number of hydrogen-bond donors (Lipinski definition) is 3. The number of guanidine groups is 1. The average Bonchev–Trinajstić information content (AvgIpc) is 3.08. The van der Waals surface area contributed by atoms with Gasteiger partial charge in [-0.15, -0.1) is 0 Å². The predicted octanol–water partition coefficient (Wildman–Crippen LogP) is 1.92. The van der Waals surface area contributed by atoms with Gasteiger partial charge in [0, 0.05) is 44.4 Å². The Bertz CT molecular complexity index is 829. The molecule has 1 heterocycles. The van der Waals surface area contributed by atoms with Crippen molar-refractivity contribution in [1.29, 1.82) is 0 Å². The molecule has 0 aliphatic rings. The molecule has 0 amide bonds. The minimum absolute atomic E-state index is 0.112.